The maximum absolute atomic E-state index is 6.57. The van der Waals surface area contributed by atoms with Gasteiger partial charge < -0.3 is 8.83 Å². The molecule has 9 aromatic rings. The molecule has 10 rings (SSSR count). The Balaban J connectivity index is 1.25. The number of rotatable bonds is 4. The summed E-state index contributed by atoms with van der Waals surface area (Å²) in [6, 6.07) is 41.6. The molecule has 5 nitrogen and oxygen atoms in total. The second kappa shape index (κ2) is 10.6. The number of hydrogen-bond donors (Lipinski definition) is 0. The van der Waals surface area contributed by atoms with Gasteiger partial charge >= 0.3 is 0 Å². The third-order valence-electron chi connectivity index (χ3n) is 9.44. The summed E-state index contributed by atoms with van der Waals surface area (Å²) in [5, 5.41) is 6.44. The first-order valence-corrected chi connectivity index (χ1v) is 16.2. The van der Waals surface area contributed by atoms with Crippen molar-refractivity contribution in [1.82, 2.24) is 15.0 Å². The van der Waals surface area contributed by atoms with Gasteiger partial charge in [0.05, 0.1) is 0 Å². The minimum Gasteiger partial charge on any atom is -0.456 e. The standard InChI is InChI=1S/C43H27N3O2/c1-3-13-27(14-4-1)41-44-42(28-15-5-2-6-16-28)46-43(45-41)33-20-11-23-36-39(33)38-31(19-10-22-35(38)47-36)30-18-9-21-34-37(30)32-25-24-26-12-7-8-17-29(26)40(32)48-34/h1-15,17-25,28H,16H2. The average molecular weight is 618 g/mol. The highest BCUT2D eigenvalue weighted by atomic mass is 16.3. The second-order valence-electron chi connectivity index (χ2n) is 12.3. The van der Waals surface area contributed by atoms with Gasteiger partial charge in [0.15, 0.2) is 11.6 Å². The zero-order valence-corrected chi connectivity index (χ0v) is 25.8. The molecule has 1 aliphatic rings. The molecule has 1 aliphatic carbocycles. The Labute approximate surface area is 275 Å². The van der Waals surface area contributed by atoms with E-state index in [0.29, 0.717) is 11.6 Å². The number of allylic oxidation sites excluding steroid dienone is 4. The summed E-state index contributed by atoms with van der Waals surface area (Å²) >= 11 is 0. The lowest BCUT2D eigenvalue weighted by atomic mass is 9.93. The topological polar surface area (TPSA) is 65.0 Å². The van der Waals surface area contributed by atoms with Crippen LogP contribution in [0.4, 0.5) is 0 Å². The molecular formula is C43H27N3O2. The van der Waals surface area contributed by atoms with Crippen LogP contribution in [0.1, 0.15) is 18.2 Å². The molecule has 3 heterocycles. The molecule has 0 N–H and O–H groups in total. The molecule has 0 fully saturated rings. The van der Waals surface area contributed by atoms with Crippen LogP contribution in [0.5, 0.6) is 0 Å². The van der Waals surface area contributed by atoms with Gasteiger partial charge in [0.1, 0.15) is 28.2 Å². The highest BCUT2D eigenvalue weighted by molar-refractivity contribution is 6.23. The molecule has 6 aromatic carbocycles. The number of hydrogen-bond acceptors (Lipinski definition) is 5. The fourth-order valence-electron chi connectivity index (χ4n) is 7.22. The van der Waals surface area contributed by atoms with Gasteiger partial charge in [-0.15, -0.1) is 0 Å². The average Bonchev–Trinajstić information content (AvgIpc) is 3.74. The van der Waals surface area contributed by atoms with Gasteiger partial charge in [0.25, 0.3) is 0 Å². The summed E-state index contributed by atoms with van der Waals surface area (Å²) in [6.45, 7) is 0. The van der Waals surface area contributed by atoms with Crippen LogP contribution in [0.3, 0.4) is 0 Å². The molecule has 0 saturated carbocycles. The van der Waals surface area contributed by atoms with Crippen LogP contribution in [0.15, 0.2) is 154 Å². The normalized spacial score (nSPS) is 14.6. The van der Waals surface area contributed by atoms with Gasteiger partial charge in [0.2, 0.25) is 0 Å². The lowest BCUT2D eigenvalue weighted by Crippen LogP contribution is -2.07. The molecule has 3 aromatic heterocycles. The van der Waals surface area contributed by atoms with Crippen molar-refractivity contribution in [2.45, 2.75) is 12.3 Å². The van der Waals surface area contributed by atoms with Gasteiger partial charge in [-0.1, -0.05) is 121 Å². The van der Waals surface area contributed by atoms with Gasteiger partial charge in [-0.25, -0.2) is 15.0 Å². The Morgan fingerprint density at radius 2 is 1.19 bits per heavy atom. The number of aromatic nitrogens is 3. The minimum atomic E-state index is 0.0677. The lowest BCUT2D eigenvalue weighted by Gasteiger charge is -2.14. The monoisotopic (exact) mass is 617 g/mol. The molecule has 1 unspecified atom stereocenters. The summed E-state index contributed by atoms with van der Waals surface area (Å²) in [7, 11) is 0. The van der Waals surface area contributed by atoms with Gasteiger partial charge in [-0.05, 0) is 47.2 Å². The SMILES string of the molecule is C1=CCC(c2nc(-c3ccccc3)nc(-c3cccc4oc5cccc(-c6cccc7oc8c9ccccc9ccc8c67)c5c34)n2)C=C1. The molecular weight excluding hydrogens is 590 g/mol. The lowest BCUT2D eigenvalue weighted by molar-refractivity contribution is 0.669. The van der Waals surface area contributed by atoms with Gasteiger partial charge in [-0.2, -0.15) is 0 Å². The first kappa shape index (κ1) is 26.8. The fraction of sp³-hybridized carbons (Fsp3) is 0.0465. The highest BCUT2D eigenvalue weighted by Crippen LogP contribution is 2.45. The van der Waals surface area contributed by atoms with Crippen LogP contribution in [0, 0.1) is 0 Å². The van der Waals surface area contributed by atoms with Crippen LogP contribution in [-0.2, 0) is 0 Å². The molecule has 0 spiro atoms. The summed E-state index contributed by atoms with van der Waals surface area (Å²) in [4.78, 5) is 15.2. The van der Waals surface area contributed by atoms with Crippen molar-refractivity contribution in [2.75, 3.05) is 0 Å². The summed E-state index contributed by atoms with van der Waals surface area (Å²) in [6.07, 6.45) is 9.31. The van der Waals surface area contributed by atoms with Crippen LogP contribution in [-0.4, -0.2) is 15.0 Å². The van der Waals surface area contributed by atoms with Gasteiger partial charge in [-0.3, -0.25) is 0 Å². The zero-order chi connectivity index (χ0) is 31.6. The smallest absolute Gasteiger partial charge is 0.164 e. The molecule has 5 heteroatoms. The Hall–Kier alpha value is -6.33. The highest BCUT2D eigenvalue weighted by Gasteiger charge is 2.23. The first-order valence-electron chi connectivity index (χ1n) is 16.2. The van der Waals surface area contributed by atoms with E-state index in [9.17, 15) is 0 Å². The van der Waals surface area contributed by atoms with Crippen LogP contribution in [0.25, 0.3) is 88.6 Å². The predicted octanol–water partition coefficient (Wildman–Crippen LogP) is 11.4. The molecule has 0 bridgehead atoms. The quantitative estimate of drug-likeness (QED) is 0.197. The van der Waals surface area contributed by atoms with Crippen LogP contribution in [0.2, 0.25) is 0 Å². The Morgan fingerprint density at radius 1 is 0.500 bits per heavy atom. The summed E-state index contributed by atoms with van der Waals surface area (Å²) < 4.78 is 13.1. The van der Waals surface area contributed by atoms with Crippen molar-refractivity contribution in [2.24, 2.45) is 0 Å². The van der Waals surface area contributed by atoms with E-state index in [1.807, 2.05) is 48.5 Å². The molecule has 0 radical (unpaired) electrons. The van der Waals surface area contributed by atoms with E-state index >= 15 is 0 Å². The van der Waals surface area contributed by atoms with E-state index in [4.69, 9.17) is 23.8 Å². The molecule has 0 amide bonds. The number of nitrogens with zero attached hydrogens (tertiary/aromatic N) is 3. The fourth-order valence-corrected chi connectivity index (χ4v) is 7.22. The predicted molar refractivity (Wildman–Crippen MR) is 194 cm³/mol. The molecule has 0 saturated heterocycles. The zero-order valence-electron chi connectivity index (χ0n) is 25.8. The second-order valence-corrected chi connectivity index (χ2v) is 12.3. The van der Waals surface area contributed by atoms with E-state index in [2.05, 4.69) is 97.1 Å². The van der Waals surface area contributed by atoms with Crippen LogP contribution >= 0.6 is 0 Å². The first-order chi connectivity index (χ1) is 23.8. The maximum Gasteiger partial charge on any atom is 0.164 e. The van der Waals surface area contributed by atoms with Gasteiger partial charge in [0, 0.05) is 44.0 Å². The van der Waals surface area contributed by atoms with Crippen molar-refractivity contribution < 1.29 is 8.83 Å². The van der Waals surface area contributed by atoms with Crippen molar-refractivity contribution >= 4 is 54.6 Å². The third kappa shape index (κ3) is 4.14. The van der Waals surface area contributed by atoms with E-state index in [1.165, 1.54) is 0 Å². The summed E-state index contributed by atoms with van der Waals surface area (Å²) in [5.74, 6) is 2.11. The van der Waals surface area contributed by atoms with E-state index in [0.717, 1.165) is 89.1 Å². The minimum absolute atomic E-state index is 0.0677. The van der Waals surface area contributed by atoms with Crippen molar-refractivity contribution in [3.63, 3.8) is 0 Å². The Kier molecular flexibility index (Phi) is 5.93. The number of benzene rings is 6. The van der Waals surface area contributed by atoms with Crippen molar-refractivity contribution in [3.05, 3.63) is 151 Å². The number of furan rings is 2. The maximum atomic E-state index is 6.57. The third-order valence-corrected chi connectivity index (χ3v) is 9.44. The van der Waals surface area contributed by atoms with Crippen molar-refractivity contribution in [1.29, 1.82) is 0 Å². The van der Waals surface area contributed by atoms with Crippen LogP contribution < -0.4 is 0 Å². The Morgan fingerprint density at radius 3 is 1.98 bits per heavy atom. The molecule has 0 aliphatic heterocycles. The van der Waals surface area contributed by atoms with E-state index in [1.54, 1.807) is 0 Å². The molecule has 48 heavy (non-hydrogen) atoms. The van der Waals surface area contributed by atoms with Crippen molar-refractivity contribution in [3.8, 4) is 33.9 Å². The molecule has 226 valence electrons. The largest absolute Gasteiger partial charge is 0.456 e. The number of fused-ring (bicyclic) bond motifs is 8. The Bertz CT molecular complexity index is 2770. The molecule has 1 atom stereocenters. The summed E-state index contributed by atoms with van der Waals surface area (Å²) in [5.41, 5.74) is 7.37. The van der Waals surface area contributed by atoms with E-state index in [-0.39, 0.29) is 5.92 Å². The van der Waals surface area contributed by atoms with E-state index < -0.39 is 0 Å².